The molecule has 0 radical (unpaired) electrons. The molecule has 0 spiro atoms. The van der Waals surface area contributed by atoms with Gasteiger partial charge in [0.25, 0.3) is 0 Å². The molecular weight excluding hydrogens is 509 g/mol. The van der Waals surface area contributed by atoms with Crippen LogP contribution in [0.25, 0.3) is 0 Å². The van der Waals surface area contributed by atoms with E-state index < -0.39 is 35.4 Å². The molecule has 3 amide bonds. The Bertz CT molecular complexity index is 1350. The highest BCUT2D eigenvalue weighted by molar-refractivity contribution is 6.39. The number of hydrogen-bond acceptors (Lipinski definition) is 4. The third-order valence-corrected chi connectivity index (χ3v) is 6.45. The number of carbonyl (C=O) groups is 3. The van der Waals surface area contributed by atoms with Crippen LogP contribution in [0.15, 0.2) is 66.7 Å². The van der Waals surface area contributed by atoms with Crippen molar-refractivity contribution in [1.82, 2.24) is 10.6 Å². The fourth-order valence-electron chi connectivity index (χ4n) is 4.42. The van der Waals surface area contributed by atoms with Crippen molar-refractivity contribution in [3.63, 3.8) is 0 Å². The molecule has 0 fully saturated rings. The molecule has 2 atom stereocenters. The van der Waals surface area contributed by atoms with E-state index in [2.05, 4.69) is 16.0 Å². The van der Waals surface area contributed by atoms with Crippen molar-refractivity contribution in [2.45, 2.75) is 51.3 Å². The van der Waals surface area contributed by atoms with E-state index in [9.17, 15) is 18.8 Å². The quantitative estimate of drug-likeness (QED) is 0.367. The predicted molar refractivity (Wildman–Crippen MR) is 143 cm³/mol. The maximum absolute atomic E-state index is 13.7. The maximum atomic E-state index is 13.7. The Morgan fingerprint density at radius 3 is 2.39 bits per heavy atom. The first kappa shape index (κ1) is 27.1. The topological polar surface area (TPSA) is 96.5 Å². The number of benzene rings is 3. The Hall–Kier alpha value is -3.91. The molecule has 0 unspecified atom stereocenters. The second-order valence-electron chi connectivity index (χ2n) is 10.1. The van der Waals surface area contributed by atoms with Crippen molar-refractivity contribution in [1.29, 1.82) is 0 Å². The number of rotatable bonds is 5. The van der Waals surface area contributed by atoms with Crippen molar-refractivity contribution < 1.29 is 23.5 Å². The van der Waals surface area contributed by atoms with Gasteiger partial charge in [0.15, 0.2) is 0 Å². The van der Waals surface area contributed by atoms with Gasteiger partial charge in [0.2, 0.25) is 0 Å². The van der Waals surface area contributed by atoms with Gasteiger partial charge in [-0.2, -0.15) is 0 Å². The van der Waals surface area contributed by atoms with E-state index in [1.54, 1.807) is 20.8 Å². The summed E-state index contributed by atoms with van der Waals surface area (Å²) >= 11 is 5.69. The largest absolute Gasteiger partial charge is 0.444 e. The number of amides is 3. The molecule has 0 bridgehead atoms. The van der Waals surface area contributed by atoms with Gasteiger partial charge in [0.05, 0.1) is 11.1 Å². The van der Waals surface area contributed by atoms with Crippen LogP contribution < -0.4 is 16.0 Å². The third kappa shape index (κ3) is 6.69. The molecule has 0 aliphatic heterocycles. The molecule has 1 aliphatic carbocycles. The molecule has 3 aromatic rings. The molecule has 7 nitrogen and oxygen atoms in total. The summed E-state index contributed by atoms with van der Waals surface area (Å²) in [5.41, 5.74) is 3.45. The number of halogens is 2. The van der Waals surface area contributed by atoms with E-state index in [-0.39, 0.29) is 16.6 Å². The minimum Gasteiger partial charge on any atom is -0.444 e. The normalized spacial score (nSPS) is 16.3. The van der Waals surface area contributed by atoms with Gasteiger partial charge in [-0.15, -0.1) is 0 Å². The summed E-state index contributed by atoms with van der Waals surface area (Å²) in [6.45, 7) is 5.72. The molecule has 0 heterocycles. The lowest BCUT2D eigenvalue weighted by molar-refractivity contribution is -0.136. The smallest absolute Gasteiger partial charge is 0.407 e. The lowest BCUT2D eigenvalue weighted by atomic mass is 9.91. The highest BCUT2D eigenvalue weighted by Crippen LogP contribution is 2.42. The Morgan fingerprint density at radius 1 is 1.00 bits per heavy atom. The number of carbonyl (C=O) groups excluding carboxylic acids is 3. The molecule has 4 rings (SSSR count). The predicted octanol–water partition coefficient (Wildman–Crippen LogP) is 5.64. The van der Waals surface area contributed by atoms with E-state index in [0.717, 1.165) is 28.3 Å². The van der Waals surface area contributed by atoms with Crippen LogP contribution in [-0.2, 0) is 27.3 Å². The molecule has 0 saturated carbocycles. The van der Waals surface area contributed by atoms with Gasteiger partial charge in [0, 0.05) is 18.2 Å². The zero-order chi connectivity index (χ0) is 27.4. The zero-order valence-corrected chi connectivity index (χ0v) is 22.1. The van der Waals surface area contributed by atoms with Crippen molar-refractivity contribution in [3.05, 3.63) is 99.8 Å². The van der Waals surface area contributed by atoms with Gasteiger partial charge in [-0.25, -0.2) is 9.18 Å². The SMILES string of the molecule is CC(C)(C)OC(=O)NCc1ccc([C@H]2Cc3ccccc3[C@@H]2NC(=O)C(=O)Nc2ccc(Cl)c(F)c2)cc1. The van der Waals surface area contributed by atoms with Gasteiger partial charge in [-0.05, 0) is 67.6 Å². The van der Waals surface area contributed by atoms with E-state index >= 15 is 0 Å². The average molecular weight is 538 g/mol. The van der Waals surface area contributed by atoms with Gasteiger partial charge in [-0.3, -0.25) is 9.59 Å². The van der Waals surface area contributed by atoms with Gasteiger partial charge < -0.3 is 20.7 Å². The summed E-state index contributed by atoms with van der Waals surface area (Å²) in [7, 11) is 0. The van der Waals surface area contributed by atoms with Crippen molar-refractivity contribution in [2.24, 2.45) is 0 Å². The molecule has 38 heavy (non-hydrogen) atoms. The summed E-state index contributed by atoms with van der Waals surface area (Å²) in [6.07, 6.45) is 0.191. The highest BCUT2D eigenvalue weighted by atomic mass is 35.5. The molecule has 3 aromatic carbocycles. The fraction of sp³-hybridized carbons (Fsp3) is 0.276. The molecule has 0 aromatic heterocycles. The molecule has 3 N–H and O–H groups in total. The standard InChI is InChI=1S/C29H29ClFN3O4/c1-29(2,3)38-28(37)32-16-17-8-10-18(11-9-17)22-14-19-6-4-5-7-21(19)25(22)34-27(36)26(35)33-20-12-13-23(30)24(31)15-20/h4-13,15,22,25H,14,16H2,1-3H3,(H,32,37)(H,33,35)(H,34,36)/t22-,25+/m1/s1. The number of alkyl carbamates (subject to hydrolysis) is 1. The van der Waals surface area contributed by atoms with Crippen LogP contribution in [0.3, 0.4) is 0 Å². The van der Waals surface area contributed by atoms with Gasteiger partial charge in [0.1, 0.15) is 11.4 Å². The second kappa shape index (κ2) is 11.2. The second-order valence-corrected chi connectivity index (χ2v) is 10.5. The molecule has 198 valence electrons. The average Bonchev–Trinajstić information content (AvgIpc) is 3.22. The lowest BCUT2D eigenvalue weighted by Crippen LogP contribution is -2.39. The summed E-state index contributed by atoms with van der Waals surface area (Å²) in [6, 6.07) is 18.9. The van der Waals surface area contributed by atoms with E-state index in [0.29, 0.717) is 13.0 Å². The van der Waals surface area contributed by atoms with Crippen LogP contribution in [0, 0.1) is 5.82 Å². The van der Waals surface area contributed by atoms with Crippen molar-refractivity contribution in [2.75, 3.05) is 5.32 Å². The number of hydrogen-bond donors (Lipinski definition) is 3. The Labute approximate surface area is 225 Å². The number of nitrogens with one attached hydrogen (secondary N) is 3. The minimum atomic E-state index is -0.904. The number of anilines is 1. The van der Waals surface area contributed by atoms with Crippen molar-refractivity contribution >= 4 is 35.2 Å². The van der Waals surface area contributed by atoms with Crippen LogP contribution in [0.2, 0.25) is 5.02 Å². The van der Waals surface area contributed by atoms with E-state index in [1.807, 2.05) is 48.5 Å². The Morgan fingerprint density at radius 2 is 1.71 bits per heavy atom. The minimum absolute atomic E-state index is 0.0792. The maximum Gasteiger partial charge on any atom is 0.407 e. The molecular formula is C29H29ClFN3O4. The number of ether oxygens (including phenoxy) is 1. The summed E-state index contributed by atoms with van der Waals surface area (Å²) in [4.78, 5) is 37.4. The number of fused-ring (bicyclic) bond motifs is 1. The first-order chi connectivity index (χ1) is 18.0. The fourth-order valence-corrected chi connectivity index (χ4v) is 4.54. The van der Waals surface area contributed by atoms with E-state index in [4.69, 9.17) is 16.3 Å². The third-order valence-electron chi connectivity index (χ3n) is 6.15. The molecule has 9 heteroatoms. The van der Waals surface area contributed by atoms with Gasteiger partial charge >= 0.3 is 17.9 Å². The summed E-state index contributed by atoms with van der Waals surface area (Å²) < 4.78 is 19.0. The first-order valence-electron chi connectivity index (χ1n) is 12.2. The van der Waals surface area contributed by atoms with Crippen molar-refractivity contribution in [3.8, 4) is 0 Å². The molecule has 1 aliphatic rings. The van der Waals surface area contributed by atoms with E-state index in [1.165, 1.54) is 12.1 Å². The van der Waals surface area contributed by atoms with Gasteiger partial charge in [-0.1, -0.05) is 60.1 Å². The lowest BCUT2D eigenvalue weighted by Gasteiger charge is -2.23. The Kier molecular flexibility index (Phi) is 8.02. The zero-order valence-electron chi connectivity index (χ0n) is 21.3. The summed E-state index contributed by atoms with van der Waals surface area (Å²) in [5.74, 6) is -2.53. The monoisotopic (exact) mass is 537 g/mol. The first-order valence-corrected chi connectivity index (χ1v) is 12.6. The van der Waals surface area contributed by atoms with Crippen LogP contribution in [0.4, 0.5) is 14.9 Å². The Balaban J connectivity index is 1.45. The summed E-state index contributed by atoms with van der Waals surface area (Å²) in [5, 5.41) is 7.93. The molecule has 0 saturated heterocycles. The highest BCUT2D eigenvalue weighted by Gasteiger charge is 2.35. The van der Waals surface area contributed by atoms with Crippen LogP contribution in [-0.4, -0.2) is 23.5 Å². The van der Waals surface area contributed by atoms with Crippen LogP contribution >= 0.6 is 11.6 Å². The van der Waals surface area contributed by atoms with Crippen LogP contribution in [0.1, 0.15) is 55.0 Å². The van der Waals surface area contributed by atoms with Crippen LogP contribution in [0.5, 0.6) is 0 Å².